The number of hydrogen-bond acceptors (Lipinski definition) is 2. The van der Waals surface area contributed by atoms with E-state index in [0.717, 1.165) is 22.2 Å². The zero-order chi connectivity index (χ0) is 14.8. The van der Waals surface area contributed by atoms with E-state index in [1.54, 1.807) is 18.2 Å². The molecule has 21 heavy (non-hydrogen) atoms. The molecule has 0 spiro atoms. The van der Waals surface area contributed by atoms with Gasteiger partial charge in [0.05, 0.1) is 23.2 Å². The second kappa shape index (κ2) is 6.08. The maximum absolute atomic E-state index is 12.4. The van der Waals surface area contributed by atoms with Gasteiger partial charge in [-0.15, -0.1) is 0 Å². The van der Waals surface area contributed by atoms with Crippen molar-refractivity contribution in [2.45, 2.75) is 12.5 Å². The number of hydrogen-bond donors (Lipinski definition) is 1. The van der Waals surface area contributed by atoms with Crippen molar-refractivity contribution in [3.8, 4) is 5.75 Å². The fourth-order valence-corrected chi connectivity index (χ4v) is 3.16. The first-order valence-corrected chi connectivity index (χ1v) is 7.80. The molecule has 1 aliphatic heterocycles. The Balaban J connectivity index is 1.83. The molecular weight excluding hydrogens is 354 g/mol. The first-order chi connectivity index (χ1) is 10.1. The average molecular weight is 367 g/mol. The highest BCUT2D eigenvalue weighted by atomic mass is 79.9. The minimum Gasteiger partial charge on any atom is -0.493 e. The number of fused-ring (bicyclic) bond motifs is 1. The highest BCUT2D eigenvalue weighted by Gasteiger charge is 2.23. The highest BCUT2D eigenvalue weighted by Crippen LogP contribution is 2.32. The van der Waals surface area contributed by atoms with Gasteiger partial charge in [-0.05, 0) is 24.3 Å². The summed E-state index contributed by atoms with van der Waals surface area (Å²) in [5.74, 6) is 0.658. The molecular formula is C16H13BrClNO2. The molecule has 0 radical (unpaired) electrons. The monoisotopic (exact) mass is 365 g/mol. The van der Waals surface area contributed by atoms with Crippen LogP contribution in [-0.4, -0.2) is 12.5 Å². The SMILES string of the molecule is O=C(N[C@H]1CCOc2ccccc21)c1ccc(Br)cc1Cl. The summed E-state index contributed by atoms with van der Waals surface area (Å²) >= 11 is 9.46. The van der Waals surface area contributed by atoms with E-state index in [1.165, 1.54) is 0 Å². The summed E-state index contributed by atoms with van der Waals surface area (Å²) in [6.07, 6.45) is 0.747. The highest BCUT2D eigenvalue weighted by molar-refractivity contribution is 9.10. The van der Waals surface area contributed by atoms with E-state index in [-0.39, 0.29) is 11.9 Å². The van der Waals surface area contributed by atoms with Crippen molar-refractivity contribution >= 4 is 33.4 Å². The van der Waals surface area contributed by atoms with Crippen LogP contribution >= 0.6 is 27.5 Å². The lowest BCUT2D eigenvalue weighted by atomic mass is 10.00. The molecule has 1 amide bonds. The van der Waals surface area contributed by atoms with Gasteiger partial charge in [0.2, 0.25) is 0 Å². The summed E-state index contributed by atoms with van der Waals surface area (Å²) < 4.78 is 6.44. The molecule has 1 N–H and O–H groups in total. The van der Waals surface area contributed by atoms with Crippen LogP contribution in [0.3, 0.4) is 0 Å². The Labute approximate surface area is 136 Å². The van der Waals surface area contributed by atoms with Crippen LogP contribution in [-0.2, 0) is 0 Å². The van der Waals surface area contributed by atoms with Gasteiger partial charge >= 0.3 is 0 Å². The van der Waals surface area contributed by atoms with E-state index in [4.69, 9.17) is 16.3 Å². The molecule has 3 nitrogen and oxygen atoms in total. The molecule has 108 valence electrons. The van der Waals surface area contributed by atoms with Gasteiger partial charge in [-0.2, -0.15) is 0 Å². The largest absolute Gasteiger partial charge is 0.493 e. The molecule has 0 fully saturated rings. The minimum atomic E-state index is -0.172. The second-order valence-electron chi connectivity index (χ2n) is 4.83. The number of rotatable bonds is 2. The maximum Gasteiger partial charge on any atom is 0.253 e. The molecule has 5 heteroatoms. The molecule has 0 unspecified atom stereocenters. The first-order valence-electron chi connectivity index (χ1n) is 6.63. The molecule has 1 atom stereocenters. The lowest BCUT2D eigenvalue weighted by Crippen LogP contribution is -2.32. The van der Waals surface area contributed by atoms with E-state index in [9.17, 15) is 4.79 Å². The van der Waals surface area contributed by atoms with Gasteiger partial charge in [-0.3, -0.25) is 4.79 Å². The Hall–Kier alpha value is -1.52. The Morgan fingerprint density at radius 2 is 2.10 bits per heavy atom. The van der Waals surface area contributed by atoms with Crippen molar-refractivity contribution < 1.29 is 9.53 Å². The van der Waals surface area contributed by atoms with E-state index in [0.29, 0.717) is 17.2 Å². The number of carbonyl (C=O) groups excluding carboxylic acids is 1. The molecule has 1 aliphatic rings. The minimum absolute atomic E-state index is 0.0536. The Bertz CT molecular complexity index is 690. The van der Waals surface area contributed by atoms with Crippen molar-refractivity contribution in [3.05, 3.63) is 63.1 Å². The smallest absolute Gasteiger partial charge is 0.253 e. The fraction of sp³-hybridized carbons (Fsp3) is 0.188. The van der Waals surface area contributed by atoms with Crippen LogP contribution in [0.15, 0.2) is 46.9 Å². The molecule has 0 aromatic heterocycles. The number of nitrogens with one attached hydrogen (secondary N) is 1. The molecule has 0 saturated carbocycles. The lowest BCUT2D eigenvalue weighted by Gasteiger charge is -2.26. The van der Waals surface area contributed by atoms with E-state index in [1.807, 2.05) is 24.3 Å². The summed E-state index contributed by atoms with van der Waals surface area (Å²) in [5, 5.41) is 3.47. The number of carbonyl (C=O) groups is 1. The lowest BCUT2D eigenvalue weighted by molar-refractivity contribution is 0.0925. The van der Waals surface area contributed by atoms with Crippen molar-refractivity contribution in [2.24, 2.45) is 0 Å². The molecule has 0 bridgehead atoms. The summed E-state index contributed by atoms with van der Waals surface area (Å²) in [6, 6.07) is 12.9. The number of halogens is 2. The van der Waals surface area contributed by atoms with E-state index < -0.39 is 0 Å². The number of ether oxygens (including phenoxy) is 1. The van der Waals surface area contributed by atoms with Crippen LogP contribution in [0.1, 0.15) is 28.4 Å². The van der Waals surface area contributed by atoms with Gasteiger partial charge in [0.1, 0.15) is 5.75 Å². The Morgan fingerprint density at radius 1 is 1.29 bits per heavy atom. The quantitative estimate of drug-likeness (QED) is 0.858. The molecule has 0 saturated heterocycles. The normalized spacial score (nSPS) is 16.8. The number of para-hydroxylation sites is 1. The standard InChI is InChI=1S/C16H13BrClNO2/c17-10-5-6-11(13(18)9-10)16(20)19-14-7-8-21-15-4-2-1-3-12(14)15/h1-6,9,14H,7-8H2,(H,19,20)/t14-/m0/s1. The third-order valence-corrected chi connectivity index (χ3v) is 4.25. The summed E-state index contributed by atoms with van der Waals surface area (Å²) in [7, 11) is 0. The Kier molecular flexibility index (Phi) is 4.17. The zero-order valence-electron chi connectivity index (χ0n) is 11.1. The number of benzene rings is 2. The van der Waals surface area contributed by atoms with E-state index >= 15 is 0 Å². The van der Waals surface area contributed by atoms with Gasteiger partial charge in [-0.1, -0.05) is 45.7 Å². The maximum atomic E-state index is 12.4. The van der Waals surface area contributed by atoms with Crippen molar-refractivity contribution in [1.29, 1.82) is 0 Å². The second-order valence-corrected chi connectivity index (χ2v) is 6.15. The van der Waals surface area contributed by atoms with Crippen molar-refractivity contribution in [2.75, 3.05) is 6.61 Å². The fourth-order valence-electron chi connectivity index (χ4n) is 2.40. The van der Waals surface area contributed by atoms with Crippen molar-refractivity contribution in [3.63, 3.8) is 0 Å². The molecule has 0 aliphatic carbocycles. The van der Waals surface area contributed by atoms with Crippen LogP contribution in [0.4, 0.5) is 0 Å². The topological polar surface area (TPSA) is 38.3 Å². The Morgan fingerprint density at radius 3 is 2.90 bits per heavy atom. The zero-order valence-corrected chi connectivity index (χ0v) is 13.4. The van der Waals surface area contributed by atoms with Crippen molar-refractivity contribution in [1.82, 2.24) is 5.32 Å². The summed E-state index contributed by atoms with van der Waals surface area (Å²) in [5.41, 5.74) is 1.48. The van der Waals surface area contributed by atoms with Crippen LogP contribution in [0.25, 0.3) is 0 Å². The van der Waals surface area contributed by atoms with E-state index in [2.05, 4.69) is 21.2 Å². The van der Waals surface area contributed by atoms with Crippen LogP contribution in [0.5, 0.6) is 5.75 Å². The summed E-state index contributed by atoms with van der Waals surface area (Å²) in [6.45, 7) is 0.593. The van der Waals surface area contributed by atoms with Gasteiger partial charge < -0.3 is 10.1 Å². The molecule has 2 aromatic carbocycles. The van der Waals surface area contributed by atoms with Gasteiger partial charge in [0, 0.05) is 16.5 Å². The molecule has 2 aromatic rings. The third kappa shape index (κ3) is 3.06. The van der Waals surface area contributed by atoms with Crippen LogP contribution in [0.2, 0.25) is 5.02 Å². The number of amides is 1. The van der Waals surface area contributed by atoms with Gasteiger partial charge in [0.25, 0.3) is 5.91 Å². The predicted molar refractivity (Wildman–Crippen MR) is 85.9 cm³/mol. The predicted octanol–water partition coefficient (Wildman–Crippen LogP) is 4.36. The van der Waals surface area contributed by atoms with Crippen LogP contribution in [0, 0.1) is 0 Å². The van der Waals surface area contributed by atoms with Gasteiger partial charge in [-0.25, -0.2) is 0 Å². The van der Waals surface area contributed by atoms with Crippen LogP contribution < -0.4 is 10.1 Å². The molecule has 3 rings (SSSR count). The summed E-state index contributed by atoms with van der Waals surface area (Å²) in [4.78, 5) is 12.4. The van der Waals surface area contributed by atoms with Gasteiger partial charge in [0.15, 0.2) is 0 Å². The third-order valence-electron chi connectivity index (χ3n) is 3.44. The first kappa shape index (κ1) is 14.4. The average Bonchev–Trinajstić information content (AvgIpc) is 2.47. The molecule has 1 heterocycles.